The smallest absolute Gasteiger partial charge is 0.327 e. The molecule has 0 saturated carbocycles. The van der Waals surface area contributed by atoms with E-state index in [9.17, 15) is 18.0 Å². The molecule has 0 bridgehead atoms. The molecular formula is C13H14F3N5O2. The van der Waals surface area contributed by atoms with Gasteiger partial charge < -0.3 is 5.32 Å². The summed E-state index contributed by atoms with van der Waals surface area (Å²) in [6, 6.07) is 3.43. The summed E-state index contributed by atoms with van der Waals surface area (Å²) in [7, 11) is 0. The maximum atomic E-state index is 12.4. The second-order valence-electron chi connectivity index (χ2n) is 4.65. The van der Waals surface area contributed by atoms with Gasteiger partial charge in [0.1, 0.15) is 12.2 Å². The van der Waals surface area contributed by atoms with Crippen molar-refractivity contribution in [1.29, 1.82) is 0 Å². The van der Waals surface area contributed by atoms with Crippen molar-refractivity contribution in [3.8, 4) is 0 Å². The first-order valence-corrected chi connectivity index (χ1v) is 6.56. The highest BCUT2D eigenvalue weighted by Crippen LogP contribution is 2.29. The number of hydrogen-bond donors (Lipinski definition) is 3. The molecule has 0 unspecified atom stereocenters. The van der Waals surface area contributed by atoms with Crippen LogP contribution in [-0.4, -0.2) is 21.2 Å². The summed E-state index contributed by atoms with van der Waals surface area (Å²) in [4.78, 5) is 20.4. The molecule has 23 heavy (non-hydrogen) atoms. The number of amides is 2. The van der Waals surface area contributed by atoms with Gasteiger partial charge in [0.25, 0.3) is 0 Å². The third-order valence-electron chi connectivity index (χ3n) is 2.88. The second kappa shape index (κ2) is 7.09. The number of alkyl halides is 3. The maximum Gasteiger partial charge on any atom is 0.416 e. The van der Waals surface area contributed by atoms with Gasteiger partial charge in [-0.1, -0.05) is 12.1 Å². The fraction of sp³-hybridized carbons (Fsp3) is 0.308. The number of aromatic nitrogens is 3. The molecule has 0 aliphatic carbocycles. The molecule has 0 fully saturated rings. The Morgan fingerprint density at radius 3 is 2.61 bits per heavy atom. The minimum atomic E-state index is -4.38. The van der Waals surface area contributed by atoms with Crippen LogP contribution in [0.4, 0.5) is 18.0 Å². The number of urea groups is 1. The van der Waals surface area contributed by atoms with Crippen molar-refractivity contribution in [3.05, 3.63) is 47.5 Å². The van der Waals surface area contributed by atoms with Crippen molar-refractivity contribution >= 4 is 6.03 Å². The van der Waals surface area contributed by atoms with E-state index in [1.54, 1.807) is 6.92 Å². The number of aromatic amines is 1. The molecular weight excluding hydrogens is 315 g/mol. The minimum absolute atomic E-state index is 0.0672. The van der Waals surface area contributed by atoms with Crippen molar-refractivity contribution in [2.75, 3.05) is 0 Å². The largest absolute Gasteiger partial charge is 0.416 e. The van der Waals surface area contributed by atoms with Crippen molar-refractivity contribution < 1.29 is 22.8 Å². The number of benzene rings is 1. The molecule has 124 valence electrons. The number of hydrogen-bond acceptors (Lipinski definition) is 4. The first-order valence-electron chi connectivity index (χ1n) is 6.56. The molecule has 1 aromatic heterocycles. The summed E-state index contributed by atoms with van der Waals surface area (Å²) in [6.07, 6.45) is -3.07. The minimum Gasteiger partial charge on any atom is -0.327 e. The molecule has 2 rings (SSSR count). The standard InChI is InChI=1S/C13H14F3N5O2/c1-8(11-17-7-18-20-11)19-12(22)21-23-6-9-2-4-10(5-3-9)13(14,15)16/h2-5,7-8H,6H2,1H3,(H,17,18,20)(H2,19,21,22)/t8-/m1/s1. The zero-order chi connectivity index (χ0) is 16.9. The van der Waals surface area contributed by atoms with Crippen molar-refractivity contribution in [1.82, 2.24) is 26.0 Å². The molecule has 2 aromatic rings. The number of nitrogens with zero attached hydrogens (tertiary/aromatic N) is 2. The predicted molar refractivity (Wildman–Crippen MR) is 72.7 cm³/mol. The second-order valence-corrected chi connectivity index (χ2v) is 4.65. The van der Waals surface area contributed by atoms with E-state index < -0.39 is 23.8 Å². The van der Waals surface area contributed by atoms with Crippen LogP contribution >= 0.6 is 0 Å². The molecule has 7 nitrogen and oxygen atoms in total. The first kappa shape index (κ1) is 16.7. The lowest BCUT2D eigenvalue weighted by Gasteiger charge is -2.12. The van der Waals surface area contributed by atoms with E-state index in [1.807, 2.05) is 0 Å². The van der Waals surface area contributed by atoms with Crippen molar-refractivity contribution in [3.63, 3.8) is 0 Å². The molecule has 0 aliphatic rings. The first-order chi connectivity index (χ1) is 10.9. The zero-order valence-corrected chi connectivity index (χ0v) is 12.0. The number of H-pyrrole nitrogens is 1. The molecule has 1 atom stereocenters. The Balaban J connectivity index is 1.75. The highest BCUT2D eigenvalue weighted by molar-refractivity contribution is 5.73. The zero-order valence-electron chi connectivity index (χ0n) is 12.0. The van der Waals surface area contributed by atoms with Crippen LogP contribution in [0, 0.1) is 0 Å². The number of nitrogens with one attached hydrogen (secondary N) is 3. The van der Waals surface area contributed by atoms with Gasteiger partial charge in [-0.2, -0.15) is 18.3 Å². The van der Waals surface area contributed by atoms with Gasteiger partial charge in [-0.25, -0.2) is 15.3 Å². The number of hydroxylamine groups is 1. The topological polar surface area (TPSA) is 91.9 Å². The fourth-order valence-electron chi connectivity index (χ4n) is 1.69. The summed E-state index contributed by atoms with van der Waals surface area (Å²) >= 11 is 0. The molecule has 0 radical (unpaired) electrons. The Labute approximate surface area is 129 Å². The van der Waals surface area contributed by atoms with Gasteiger partial charge in [0.2, 0.25) is 0 Å². The Morgan fingerprint density at radius 1 is 1.35 bits per heavy atom. The van der Waals surface area contributed by atoms with Crippen LogP contribution in [-0.2, 0) is 17.6 Å². The average Bonchev–Trinajstić information content (AvgIpc) is 3.01. The van der Waals surface area contributed by atoms with Gasteiger partial charge in [0.15, 0.2) is 0 Å². The van der Waals surface area contributed by atoms with E-state index in [4.69, 9.17) is 4.84 Å². The van der Waals surface area contributed by atoms with Crippen LogP contribution < -0.4 is 10.8 Å². The summed E-state index contributed by atoms with van der Waals surface area (Å²) in [5, 5.41) is 8.80. The van der Waals surface area contributed by atoms with E-state index in [-0.39, 0.29) is 6.61 Å². The van der Waals surface area contributed by atoms with Crippen LogP contribution in [0.15, 0.2) is 30.6 Å². The van der Waals surface area contributed by atoms with Crippen LogP contribution in [0.25, 0.3) is 0 Å². The highest BCUT2D eigenvalue weighted by atomic mass is 19.4. The van der Waals surface area contributed by atoms with E-state index in [2.05, 4.69) is 26.0 Å². The van der Waals surface area contributed by atoms with E-state index >= 15 is 0 Å². The van der Waals surface area contributed by atoms with Gasteiger partial charge in [-0.05, 0) is 24.6 Å². The highest BCUT2D eigenvalue weighted by Gasteiger charge is 2.29. The number of rotatable bonds is 5. The van der Waals surface area contributed by atoms with Crippen LogP contribution in [0.1, 0.15) is 29.9 Å². The normalized spacial score (nSPS) is 12.7. The Kier molecular flexibility index (Phi) is 5.16. The van der Waals surface area contributed by atoms with E-state index in [0.717, 1.165) is 12.1 Å². The molecule has 1 heterocycles. The maximum absolute atomic E-state index is 12.4. The van der Waals surface area contributed by atoms with Gasteiger partial charge in [-0.3, -0.25) is 9.94 Å². The third-order valence-corrected chi connectivity index (χ3v) is 2.88. The lowest BCUT2D eigenvalue weighted by molar-refractivity contribution is -0.137. The van der Waals surface area contributed by atoms with Crippen LogP contribution in [0.5, 0.6) is 0 Å². The Morgan fingerprint density at radius 2 is 2.04 bits per heavy atom. The molecule has 2 amide bonds. The lowest BCUT2D eigenvalue weighted by Crippen LogP contribution is -2.37. The molecule has 0 aliphatic heterocycles. The molecule has 3 N–H and O–H groups in total. The number of halogens is 3. The third kappa shape index (κ3) is 4.95. The fourth-order valence-corrected chi connectivity index (χ4v) is 1.69. The summed E-state index contributed by atoms with van der Waals surface area (Å²) in [5.41, 5.74) is 1.88. The van der Waals surface area contributed by atoms with Crippen LogP contribution in [0.2, 0.25) is 0 Å². The number of carbonyl (C=O) groups is 1. The van der Waals surface area contributed by atoms with Gasteiger partial charge in [-0.15, -0.1) is 0 Å². The summed E-state index contributed by atoms with van der Waals surface area (Å²) in [5.74, 6) is 0.475. The van der Waals surface area contributed by atoms with Gasteiger partial charge in [0, 0.05) is 0 Å². The van der Waals surface area contributed by atoms with Gasteiger partial charge >= 0.3 is 12.2 Å². The van der Waals surface area contributed by atoms with E-state index in [1.165, 1.54) is 18.5 Å². The summed E-state index contributed by atoms with van der Waals surface area (Å²) < 4.78 is 37.2. The average molecular weight is 329 g/mol. The molecule has 1 aromatic carbocycles. The lowest BCUT2D eigenvalue weighted by atomic mass is 10.1. The molecule has 0 saturated heterocycles. The van der Waals surface area contributed by atoms with Crippen molar-refractivity contribution in [2.24, 2.45) is 0 Å². The monoisotopic (exact) mass is 329 g/mol. The molecule has 0 spiro atoms. The molecule has 10 heteroatoms. The van der Waals surface area contributed by atoms with Gasteiger partial charge in [0.05, 0.1) is 18.2 Å². The Bertz CT molecular complexity index is 628. The Hall–Kier alpha value is -2.62. The predicted octanol–water partition coefficient (Wildman–Crippen LogP) is 2.32. The SMILES string of the molecule is C[C@@H](NC(=O)NOCc1ccc(C(F)(F)F)cc1)c1ncn[nH]1. The van der Waals surface area contributed by atoms with Crippen LogP contribution in [0.3, 0.4) is 0 Å². The van der Waals surface area contributed by atoms with E-state index in [0.29, 0.717) is 11.4 Å². The van der Waals surface area contributed by atoms with Crippen molar-refractivity contribution in [2.45, 2.75) is 25.7 Å². The quantitative estimate of drug-likeness (QED) is 0.734. The number of carbonyl (C=O) groups excluding carboxylic acids is 1. The summed E-state index contributed by atoms with van der Waals surface area (Å²) in [6.45, 7) is 1.62.